The number of hydrogen-bond donors (Lipinski definition) is 1. The summed E-state index contributed by atoms with van der Waals surface area (Å²) in [6.45, 7) is 7.65. The van der Waals surface area contributed by atoms with Crippen molar-refractivity contribution in [2.75, 3.05) is 49.6 Å². The van der Waals surface area contributed by atoms with E-state index in [0.29, 0.717) is 13.0 Å². The summed E-state index contributed by atoms with van der Waals surface area (Å²) in [5, 5.41) is 2.89. The van der Waals surface area contributed by atoms with E-state index in [1.165, 1.54) is 0 Å². The van der Waals surface area contributed by atoms with Gasteiger partial charge in [0, 0.05) is 31.0 Å². The second-order valence-corrected chi connectivity index (χ2v) is 7.21. The van der Waals surface area contributed by atoms with E-state index in [9.17, 15) is 9.59 Å². The normalized spacial score (nSPS) is 13.8. The van der Waals surface area contributed by atoms with Crippen molar-refractivity contribution in [1.82, 2.24) is 4.90 Å². The highest BCUT2D eigenvalue weighted by Gasteiger charge is 2.17. The molecule has 6 heteroatoms. The van der Waals surface area contributed by atoms with Crippen LogP contribution in [0.15, 0.2) is 48.5 Å². The van der Waals surface area contributed by atoms with Gasteiger partial charge in [0.1, 0.15) is 0 Å². The van der Waals surface area contributed by atoms with Crippen molar-refractivity contribution in [3.8, 4) is 0 Å². The molecule has 1 saturated heterocycles. The summed E-state index contributed by atoms with van der Waals surface area (Å²) in [6, 6.07) is 15.6. The molecule has 2 amide bonds. The summed E-state index contributed by atoms with van der Waals surface area (Å²) >= 11 is 0. The first-order valence-corrected chi connectivity index (χ1v) is 10.1. The molecule has 0 bridgehead atoms. The number of benzene rings is 2. The fourth-order valence-corrected chi connectivity index (χ4v) is 3.41. The molecule has 0 radical (unpaired) electrons. The van der Waals surface area contributed by atoms with Gasteiger partial charge in [0.25, 0.3) is 0 Å². The van der Waals surface area contributed by atoms with Gasteiger partial charge in [0.05, 0.1) is 26.2 Å². The quantitative estimate of drug-likeness (QED) is 0.783. The van der Waals surface area contributed by atoms with Crippen LogP contribution in [0.4, 0.5) is 11.4 Å². The summed E-state index contributed by atoms with van der Waals surface area (Å²) in [4.78, 5) is 28.9. The maximum atomic E-state index is 12.6. The van der Waals surface area contributed by atoms with E-state index in [1.807, 2.05) is 62.4 Å². The molecule has 0 atom stereocenters. The third-order valence-electron chi connectivity index (χ3n) is 5.20. The van der Waals surface area contributed by atoms with Gasteiger partial charge in [-0.15, -0.1) is 0 Å². The standard InChI is InChI=1S/C23H29N3O3/c1-3-25(23(28)16-19-7-5-4-6-18(19)2)17-22(27)24-20-8-10-21(11-9-20)26-12-14-29-15-13-26/h4-11H,3,12-17H2,1-2H3,(H,24,27). The Hall–Kier alpha value is -2.86. The second kappa shape index (κ2) is 10.1. The number of aryl methyl sites for hydroxylation is 1. The molecule has 2 aromatic carbocycles. The van der Waals surface area contributed by atoms with Crippen LogP contribution in [0.1, 0.15) is 18.1 Å². The predicted octanol–water partition coefficient (Wildman–Crippen LogP) is 2.86. The summed E-state index contributed by atoms with van der Waals surface area (Å²) in [5.41, 5.74) is 3.93. The first-order chi connectivity index (χ1) is 14.1. The highest BCUT2D eigenvalue weighted by molar-refractivity contribution is 5.95. The molecule has 0 aromatic heterocycles. The zero-order chi connectivity index (χ0) is 20.6. The maximum Gasteiger partial charge on any atom is 0.243 e. The number of anilines is 2. The fraction of sp³-hybridized carbons (Fsp3) is 0.391. The van der Waals surface area contributed by atoms with Crippen molar-refractivity contribution in [2.45, 2.75) is 20.3 Å². The van der Waals surface area contributed by atoms with Crippen LogP contribution < -0.4 is 10.2 Å². The molecule has 0 spiro atoms. The summed E-state index contributed by atoms with van der Waals surface area (Å²) in [7, 11) is 0. The molecule has 0 unspecified atom stereocenters. The molecule has 154 valence electrons. The zero-order valence-electron chi connectivity index (χ0n) is 17.2. The number of ether oxygens (including phenoxy) is 1. The van der Waals surface area contributed by atoms with E-state index < -0.39 is 0 Å². The SMILES string of the molecule is CCN(CC(=O)Nc1ccc(N2CCOCC2)cc1)C(=O)Cc1ccccc1C. The molecule has 2 aromatic rings. The van der Waals surface area contributed by atoms with E-state index in [2.05, 4.69) is 10.2 Å². The predicted molar refractivity (Wildman–Crippen MR) is 115 cm³/mol. The Morgan fingerprint density at radius 3 is 2.41 bits per heavy atom. The minimum atomic E-state index is -0.191. The smallest absolute Gasteiger partial charge is 0.243 e. The number of amides is 2. The van der Waals surface area contributed by atoms with E-state index in [-0.39, 0.29) is 18.4 Å². The molecule has 0 aliphatic carbocycles. The molecule has 1 aliphatic rings. The van der Waals surface area contributed by atoms with E-state index in [4.69, 9.17) is 4.74 Å². The molecular weight excluding hydrogens is 366 g/mol. The van der Waals surface area contributed by atoms with E-state index in [1.54, 1.807) is 4.90 Å². The minimum Gasteiger partial charge on any atom is -0.378 e. The number of carbonyl (C=O) groups is 2. The Labute approximate surface area is 172 Å². The van der Waals surface area contributed by atoms with Gasteiger partial charge in [0.2, 0.25) is 11.8 Å². The van der Waals surface area contributed by atoms with Gasteiger partial charge in [-0.25, -0.2) is 0 Å². The molecule has 6 nitrogen and oxygen atoms in total. The van der Waals surface area contributed by atoms with Gasteiger partial charge in [-0.3, -0.25) is 9.59 Å². The van der Waals surface area contributed by atoms with Crippen LogP contribution in [0.2, 0.25) is 0 Å². The Morgan fingerprint density at radius 1 is 1.07 bits per heavy atom. The van der Waals surface area contributed by atoms with Crippen LogP contribution in [-0.2, 0) is 20.7 Å². The molecule has 3 rings (SSSR count). The number of carbonyl (C=O) groups excluding carboxylic acids is 2. The Morgan fingerprint density at radius 2 is 1.76 bits per heavy atom. The lowest BCUT2D eigenvalue weighted by atomic mass is 10.1. The van der Waals surface area contributed by atoms with Gasteiger partial charge in [-0.1, -0.05) is 24.3 Å². The van der Waals surface area contributed by atoms with Crippen molar-refractivity contribution in [2.24, 2.45) is 0 Å². The minimum absolute atomic E-state index is 0.0420. The van der Waals surface area contributed by atoms with E-state index in [0.717, 1.165) is 48.8 Å². The lowest BCUT2D eigenvalue weighted by molar-refractivity contribution is -0.133. The average Bonchev–Trinajstić information content (AvgIpc) is 2.74. The highest BCUT2D eigenvalue weighted by Crippen LogP contribution is 2.19. The van der Waals surface area contributed by atoms with Crippen molar-refractivity contribution < 1.29 is 14.3 Å². The van der Waals surface area contributed by atoms with Gasteiger partial charge in [0.15, 0.2) is 0 Å². The maximum absolute atomic E-state index is 12.6. The molecule has 1 aliphatic heterocycles. The van der Waals surface area contributed by atoms with Crippen molar-refractivity contribution in [1.29, 1.82) is 0 Å². The molecule has 29 heavy (non-hydrogen) atoms. The third-order valence-corrected chi connectivity index (χ3v) is 5.20. The van der Waals surface area contributed by atoms with Crippen molar-refractivity contribution in [3.63, 3.8) is 0 Å². The zero-order valence-corrected chi connectivity index (χ0v) is 17.2. The van der Waals surface area contributed by atoms with Gasteiger partial charge in [-0.2, -0.15) is 0 Å². The molecule has 1 heterocycles. The Balaban J connectivity index is 1.54. The number of likely N-dealkylation sites (N-methyl/N-ethyl adjacent to an activating group) is 1. The van der Waals surface area contributed by atoms with Gasteiger partial charge < -0.3 is 19.9 Å². The van der Waals surface area contributed by atoms with Crippen molar-refractivity contribution in [3.05, 3.63) is 59.7 Å². The summed E-state index contributed by atoms with van der Waals surface area (Å²) in [6.07, 6.45) is 0.308. The first kappa shape index (κ1) is 20.9. The molecule has 0 saturated carbocycles. The number of nitrogens with zero attached hydrogens (tertiary/aromatic N) is 2. The largest absolute Gasteiger partial charge is 0.378 e. The van der Waals surface area contributed by atoms with Crippen LogP contribution in [0.25, 0.3) is 0 Å². The van der Waals surface area contributed by atoms with Crippen LogP contribution in [0, 0.1) is 6.92 Å². The Kier molecular flexibility index (Phi) is 7.25. The van der Waals surface area contributed by atoms with Crippen LogP contribution in [-0.4, -0.2) is 56.1 Å². The third kappa shape index (κ3) is 5.81. The average molecular weight is 396 g/mol. The number of hydrogen-bond acceptors (Lipinski definition) is 4. The van der Waals surface area contributed by atoms with Gasteiger partial charge >= 0.3 is 0 Å². The monoisotopic (exact) mass is 395 g/mol. The lowest BCUT2D eigenvalue weighted by Gasteiger charge is -2.29. The fourth-order valence-electron chi connectivity index (χ4n) is 3.41. The van der Waals surface area contributed by atoms with Crippen LogP contribution in [0.3, 0.4) is 0 Å². The molecular formula is C23H29N3O3. The first-order valence-electron chi connectivity index (χ1n) is 10.1. The number of nitrogens with one attached hydrogen (secondary N) is 1. The van der Waals surface area contributed by atoms with Gasteiger partial charge in [-0.05, 0) is 49.2 Å². The number of morpholine rings is 1. The summed E-state index contributed by atoms with van der Waals surface area (Å²) in [5.74, 6) is -0.233. The second-order valence-electron chi connectivity index (χ2n) is 7.21. The molecule has 1 N–H and O–H groups in total. The number of rotatable bonds is 7. The topological polar surface area (TPSA) is 61.9 Å². The van der Waals surface area contributed by atoms with Crippen LogP contribution >= 0.6 is 0 Å². The van der Waals surface area contributed by atoms with Crippen LogP contribution in [0.5, 0.6) is 0 Å². The Bertz CT molecular complexity index is 830. The van der Waals surface area contributed by atoms with E-state index >= 15 is 0 Å². The summed E-state index contributed by atoms with van der Waals surface area (Å²) < 4.78 is 5.38. The lowest BCUT2D eigenvalue weighted by Crippen LogP contribution is -2.38. The molecule has 1 fully saturated rings. The highest BCUT2D eigenvalue weighted by atomic mass is 16.5. The van der Waals surface area contributed by atoms with Crippen molar-refractivity contribution >= 4 is 23.2 Å².